The van der Waals surface area contributed by atoms with Gasteiger partial charge in [-0.3, -0.25) is 4.99 Å². The van der Waals surface area contributed by atoms with E-state index >= 15 is 0 Å². The number of hydrogen-bond donors (Lipinski definition) is 2. The van der Waals surface area contributed by atoms with Crippen molar-refractivity contribution in [1.82, 2.24) is 10.6 Å². The van der Waals surface area contributed by atoms with E-state index in [0.717, 1.165) is 12.3 Å². The van der Waals surface area contributed by atoms with E-state index in [2.05, 4.69) is 27.8 Å². The average molecular weight is 470 g/mol. The van der Waals surface area contributed by atoms with Gasteiger partial charge in [-0.1, -0.05) is 18.2 Å². The van der Waals surface area contributed by atoms with Crippen LogP contribution in [0.5, 0.6) is 0 Å². The Balaban J connectivity index is 0.00000312. The molecule has 4 nitrogen and oxygen atoms in total. The fourth-order valence-corrected chi connectivity index (χ4v) is 2.82. The maximum atomic E-state index is 13.7. The van der Waals surface area contributed by atoms with E-state index in [0.29, 0.717) is 17.1 Å². The molecule has 0 unspecified atom stereocenters. The zero-order valence-electron chi connectivity index (χ0n) is 13.8. The van der Waals surface area contributed by atoms with Gasteiger partial charge in [0.2, 0.25) is 0 Å². The lowest BCUT2D eigenvalue weighted by atomic mass is 10.1. The first-order valence-corrected chi connectivity index (χ1v) is 8.52. The van der Waals surface area contributed by atoms with Gasteiger partial charge in [0.05, 0.1) is 11.6 Å². The first-order chi connectivity index (χ1) is 11.7. The summed E-state index contributed by atoms with van der Waals surface area (Å²) in [5.41, 5.74) is 0.881. The topological polar surface area (TPSA) is 60.2 Å². The minimum absolute atomic E-state index is 0. The van der Waals surface area contributed by atoms with E-state index in [4.69, 9.17) is 5.26 Å². The third kappa shape index (κ3) is 7.32. The number of nitriles is 1. The summed E-state index contributed by atoms with van der Waals surface area (Å²) in [5, 5.41) is 15.1. The van der Waals surface area contributed by atoms with Crippen molar-refractivity contribution in [3.63, 3.8) is 0 Å². The Morgan fingerprint density at radius 2 is 1.96 bits per heavy atom. The maximum Gasteiger partial charge on any atom is 0.191 e. The molecular formula is C18H20FIN4S. The summed E-state index contributed by atoms with van der Waals surface area (Å²) in [6, 6.07) is 16.5. The van der Waals surface area contributed by atoms with E-state index in [1.54, 1.807) is 24.9 Å². The van der Waals surface area contributed by atoms with Gasteiger partial charge in [0.15, 0.2) is 5.96 Å². The summed E-state index contributed by atoms with van der Waals surface area (Å²) in [6.45, 7) is 1.01. The number of halogens is 2. The quantitative estimate of drug-likeness (QED) is 0.222. The molecule has 2 rings (SSSR count). The van der Waals surface area contributed by atoms with Gasteiger partial charge in [-0.15, -0.1) is 35.7 Å². The normalized spacial score (nSPS) is 10.5. The summed E-state index contributed by atoms with van der Waals surface area (Å²) < 4.78 is 13.7. The molecule has 25 heavy (non-hydrogen) atoms. The lowest BCUT2D eigenvalue weighted by molar-refractivity contribution is 0.604. The predicted octanol–water partition coefficient (Wildman–Crippen LogP) is 3.77. The lowest BCUT2D eigenvalue weighted by Gasteiger charge is -2.12. The number of rotatable bonds is 6. The Morgan fingerprint density at radius 3 is 2.64 bits per heavy atom. The van der Waals surface area contributed by atoms with E-state index in [1.165, 1.54) is 17.0 Å². The molecule has 0 bridgehead atoms. The molecule has 0 saturated carbocycles. The maximum absolute atomic E-state index is 13.7. The molecule has 0 radical (unpaired) electrons. The molecule has 2 N–H and O–H groups in total. The van der Waals surface area contributed by atoms with Gasteiger partial charge in [0.25, 0.3) is 0 Å². The number of guanidine groups is 1. The molecule has 0 heterocycles. The number of hydrogen-bond acceptors (Lipinski definition) is 3. The molecule has 0 aromatic heterocycles. The van der Waals surface area contributed by atoms with Gasteiger partial charge in [-0.2, -0.15) is 5.26 Å². The van der Waals surface area contributed by atoms with E-state index in [9.17, 15) is 4.39 Å². The van der Waals surface area contributed by atoms with Crippen molar-refractivity contribution in [2.24, 2.45) is 4.99 Å². The van der Waals surface area contributed by atoms with Gasteiger partial charge < -0.3 is 10.6 Å². The smallest absolute Gasteiger partial charge is 0.191 e. The molecule has 0 aliphatic carbocycles. The molecule has 132 valence electrons. The van der Waals surface area contributed by atoms with Gasteiger partial charge in [0, 0.05) is 36.3 Å². The molecule has 0 fully saturated rings. The molecule has 0 amide bonds. The summed E-state index contributed by atoms with van der Waals surface area (Å²) in [4.78, 5) is 5.34. The van der Waals surface area contributed by atoms with Gasteiger partial charge >= 0.3 is 0 Å². The molecule has 0 aliphatic rings. The van der Waals surface area contributed by atoms with Crippen LogP contribution in [0.15, 0.2) is 58.4 Å². The first-order valence-electron chi connectivity index (χ1n) is 7.54. The number of thioether (sulfide) groups is 1. The molecule has 0 atom stereocenters. The molecular weight excluding hydrogens is 450 g/mol. The highest BCUT2D eigenvalue weighted by Gasteiger charge is 2.05. The van der Waals surface area contributed by atoms with Gasteiger partial charge in [-0.05, 0) is 30.3 Å². The lowest BCUT2D eigenvalue weighted by Crippen LogP contribution is -2.38. The van der Waals surface area contributed by atoms with Crippen LogP contribution in [-0.2, 0) is 6.54 Å². The predicted molar refractivity (Wildman–Crippen MR) is 112 cm³/mol. The van der Waals surface area contributed by atoms with E-state index in [1.807, 2.05) is 24.3 Å². The van der Waals surface area contributed by atoms with Crippen LogP contribution in [-0.4, -0.2) is 25.3 Å². The number of nitrogens with one attached hydrogen (secondary N) is 2. The van der Waals surface area contributed by atoms with Gasteiger partial charge in [-0.25, -0.2) is 4.39 Å². The van der Waals surface area contributed by atoms with Gasteiger partial charge in [0.1, 0.15) is 5.82 Å². The minimum Gasteiger partial charge on any atom is -0.356 e. The van der Waals surface area contributed by atoms with Crippen molar-refractivity contribution in [2.45, 2.75) is 11.4 Å². The Labute approximate surface area is 168 Å². The molecule has 0 saturated heterocycles. The Morgan fingerprint density at radius 1 is 1.20 bits per heavy atom. The van der Waals surface area contributed by atoms with Crippen LogP contribution in [0.2, 0.25) is 0 Å². The molecule has 0 spiro atoms. The van der Waals surface area contributed by atoms with Crippen LogP contribution in [0.1, 0.15) is 11.1 Å². The second-order valence-corrected chi connectivity index (χ2v) is 6.10. The summed E-state index contributed by atoms with van der Waals surface area (Å²) >= 11 is 1.75. The monoisotopic (exact) mass is 470 g/mol. The second kappa shape index (κ2) is 11.7. The van der Waals surface area contributed by atoms with Crippen molar-refractivity contribution in [3.8, 4) is 6.07 Å². The minimum atomic E-state index is -0.336. The zero-order chi connectivity index (χ0) is 17.2. The third-order valence-corrected chi connectivity index (χ3v) is 4.26. The second-order valence-electron chi connectivity index (χ2n) is 4.93. The molecule has 2 aromatic carbocycles. The highest BCUT2D eigenvalue weighted by Crippen LogP contribution is 2.15. The first kappa shape index (κ1) is 21.3. The Kier molecular flexibility index (Phi) is 9.96. The highest BCUT2D eigenvalue weighted by atomic mass is 127. The van der Waals surface area contributed by atoms with Crippen molar-refractivity contribution in [3.05, 3.63) is 65.5 Å². The van der Waals surface area contributed by atoms with Crippen LogP contribution >= 0.6 is 35.7 Å². The van der Waals surface area contributed by atoms with E-state index in [-0.39, 0.29) is 36.3 Å². The summed E-state index contributed by atoms with van der Waals surface area (Å²) in [5.74, 6) is 1.16. The van der Waals surface area contributed by atoms with Crippen LogP contribution in [0.4, 0.5) is 4.39 Å². The third-order valence-electron chi connectivity index (χ3n) is 3.25. The van der Waals surface area contributed by atoms with Crippen molar-refractivity contribution in [2.75, 3.05) is 19.3 Å². The fraction of sp³-hybridized carbons (Fsp3) is 0.222. The molecule has 2 aromatic rings. The van der Waals surface area contributed by atoms with Crippen molar-refractivity contribution in [1.29, 1.82) is 5.26 Å². The number of nitrogens with zero attached hydrogens (tertiary/aromatic N) is 2. The number of benzene rings is 2. The van der Waals surface area contributed by atoms with Crippen LogP contribution in [0.3, 0.4) is 0 Å². The van der Waals surface area contributed by atoms with Crippen LogP contribution in [0.25, 0.3) is 0 Å². The summed E-state index contributed by atoms with van der Waals surface area (Å²) in [7, 11) is 1.67. The average Bonchev–Trinajstić information content (AvgIpc) is 2.63. The molecule has 7 heteroatoms. The Bertz CT molecular complexity index is 732. The number of aliphatic imine (C=N–C) groups is 1. The SMILES string of the molecule is CN=C(NCCSc1ccccc1)NCc1cc(C#N)ccc1F.I. The van der Waals surface area contributed by atoms with E-state index < -0.39 is 0 Å². The largest absolute Gasteiger partial charge is 0.356 e. The fourth-order valence-electron chi connectivity index (χ4n) is 2.03. The molecule has 0 aliphatic heterocycles. The Hall–Kier alpha value is -1.79. The summed E-state index contributed by atoms with van der Waals surface area (Å²) in [6.07, 6.45) is 0. The zero-order valence-corrected chi connectivity index (χ0v) is 17.0. The standard InChI is InChI=1S/C18H19FN4S.HI/c1-21-18(22-9-10-24-16-5-3-2-4-6-16)23-13-15-11-14(12-20)7-8-17(15)19;/h2-8,11H,9-10,13H2,1H3,(H2,21,22,23);1H. The van der Waals surface area contributed by atoms with Crippen LogP contribution in [0, 0.1) is 17.1 Å². The van der Waals surface area contributed by atoms with Crippen molar-refractivity contribution < 1.29 is 4.39 Å². The highest BCUT2D eigenvalue weighted by molar-refractivity contribution is 14.0. The van der Waals surface area contributed by atoms with Crippen molar-refractivity contribution >= 4 is 41.7 Å². The van der Waals surface area contributed by atoms with Crippen LogP contribution < -0.4 is 10.6 Å².